The molecule has 1 aliphatic rings. The molecule has 0 saturated heterocycles. The van der Waals surface area contributed by atoms with Gasteiger partial charge < -0.3 is 9.84 Å². The number of fused-ring (bicyclic) bond motifs is 1. The third kappa shape index (κ3) is 2.60. The van der Waals surface area contributed by atoms with Crippen molar-refractivity contribution in [1.29, 1.82) is 0 Å². The predicted octanol–water partition coefficient (Wildman–Crippen LogP) is 3.25. The van der Waals surface area contributed by atoms with Gasteiger partial charge in [-0.1, -0.05) is 25.4 Å². The highest BCUT2D eigenvalue weighted by atomic mass is 35.5. The van der Waals surface area contributed by atoms with Gasteiger partial charge in [-0.25, -0.2) is 0 Å². The molecular formula is C15H22ClNO2. The maximum atomic E-state index is 10.7. The van der Waals surface area contributed by atoms with Gasteiger partial charge in [-0.3, -0.25) is 4.90 Å². The highest BCUT2D eigenvalue weighted by Gasteiger charge is 2.45. The molecule has 0 radical (unpaired) electrons. The quantitative estimate of drug-likeness (QED) is 0.924. The number of benzene rings is 1. The van der Waals surface area contributed by atoms with Crippen molar-refractivity contribution < 1.29 is 9.84 Å². The van der Waals surface area contributed by atoms with Crippen molar-refractivity contribution in [2.24, 2.45) is 0 Å². The van der Waals surface area contributed by atoms with E-state index in [1.165, 1.54) is 0 Å². The summed E-state index contributed by atoms with van der Waals surface area (Å²) in [5.74, 6) is 0.727. The number of aliphatic hydroxyl groups is 1. The summed E-state index contributed by atoms with van der Waals surface area (Å²) < 4.78 is 6.08. The third-order valence-electron chi connectivity index (χ3n) is 3.88. The summed E-state index contributed by atoms with van der Waals surface area (Å²) in [6, 6.07) is 5.35. The van der Waals surface area contributed by atoms with Gasteiger partial charge >= 0.3 is 0 Å². The van der Waals surface area contributed by atoms with Gasteiger partial charge in [0, 0.05) is 10.6 Å². The van der Waals surface area contributed by atoms with Crippen molar-refractivity contribution in [2.75, 3.05) is 13.1 Å². The lowest BCUT2D eigenvalue weighted by Gasteiger charge is -2.47. The lowest BCUT2D eigenvalue weighted by atomic mass is 9.85. The van der Waals surface area contributed by atoms with E-state index in [4.69, 9.17) is 16.3 Å². The molecule has 3 nitrogen and oxygen atoms in total. The molecule has 0 amide bonds. The second-order valence-electron chi connectivity index (χ2n) is 5.50. The van der Waals surface area contributed by atoms with E-state index >= 15 is 0 Å². The number of likely N-dealkylation sites (N-methyl/N-ethyl adjacent to an activating group) is 1. The number of ether oxygens (including phenoxy) is 1. The van der Waals surface area contributed by atoms with Crippen molar-refractivity contribution in [1.82, 2.24) is 4.90 Å². The average Bonchev–Trinajstić information content (AvgIpc) is 2.35. The van der Waals surface area contributed by atoms with Gasteiger partial charge in [0.05, 0.1) is 6.04 Å². The van der Waals surface area contributed by atoms with E-state index in [0.717, 1.165) is 24.4 Å². The summed E-state index contributed by atoms with van der Waals surface area (Å²) in [6.45, 7) is 9.99. The van der Waals surface area contributed by atoms with Crippen LogP contribution < -0.4 is 4.74 Å². The molecule has 0 bridgehead atoms. The van der Waals surface area contributed by atoms with Gasteiger partial charge in [0.25, 0.3) is 0 Å². The molecule has 1 aromatic carbocycles. The normalized spacial score (nSPS) is 25.0. The van der Waals surface area contributed by atoms with E-state index < -0.39 is 11.7 Å². The van der Waals surface area contributed by atoms with Crippen LogP contribution in [0.4, 0.5) is 0 Å². The van der Waals surface area contributed by atoms with Gasteiger partial charge in [-0.2, -0.15) is 0 Å². The number of halogens is 1. The minimum absolute atomic E-state index is 0.0755. The maximum absolute atomic E-state index is 10.7. The Kier molecular flexibility index (Phi) is 4.09. The first-order chi connectivity index (χ1) is 8.90. The van der Waals surface area contributed by atoms with Gasteiger partial charge in [0.2, 0.25) is 0 Å². The standard InChI is InChI=1S/C15H22ClNO2/c1-5-17(6-2)14-13(18)11-9-10(16)7-8-12(11)19-15(14,3)4/h7-9,13-14,18H,5-6H2,1-4H3. The van der Waals surface area contributed by atoms with Crippen LogP contribution in [0.3, 0.4) is 0 Å². The van der Waals surface area contributed by atoms with Gasteiger partial charge in [-0.15, -0.1) is 0 Å². The van der Waals surface area contributed by atoms with Crippen LogP contribution in [0.1, 0.15) is 39.4 Å². The minimum Gasteiger partial charge on any atom is -0.486 e. The van der Waals surface area contributed by atoms with Crippen molar-refractivity contribution >= 4 is 11.6 Å². The van der Waals surface area contributed by atoms with Gasteiger partial charge in [-0.05, 0) is 45.1 Å². The van der Waals surface area contributed by atoms with Crippen LogP contribution in [-0.4, -0.2) is 34.7 Å². The number of rotatable bonds is 3. The number of hydrogen-bond acceptors (Lipinski definition) is 3. The zero-order valence-corrected chi connectivity index (χ0v) is 12.7. The van der Waals surface area contributed by atoms with E-state index in [-0.39, 0.29) is 6.04 Å². The number of hydrogen-bond donors (Lipinski definition) is 1. The number of nitrogens with zero attached hydrogens (tertiary/aromatic N) is 1. The van der Waals surface area contributed by atoms with Crippen molar-refractivity contribution in [3.8, 4) is 5.75 Å². The first kappa shape index (κ1) is 14.6. The molecule has 0 aliphatic carbocycles. The molecular weight excluding hydrogens is 262 g/mol. The van der Waals surface area contributed by atoms with E-state index in [9.17, 15) is 5.11 Å². The Morgan fingerprint density at radius 1 is 1.32 bits per heavy atom. The van der Waals surface area contributed by atoms with E-state index in [1.807, 2.05) is 19.9 Å². The molecule has 106 valence electrons. The van der Waals surface area contributed by atoms with Crippen molar-refractivity contribution in [2.45, 2.75) is 45.4 Å². The molecule has 1 heterocycles. The SMILES string of the molecule is CCN(CC)C1C(O)c2cc(Cl)ccc2OC1(C)C. The zero-order chi connectivity index (χ0) is 14.2. The van der Waals surface area contributed by atoms with Crippen molar-refractivity contribution in [3.05, 3.63) is 28.8 Å². The third-order valence-corrected chi connectivity index (χ3v) is 4.12. The Hall–Kier alpha value is -0.770. The molecule has 1 aliphatic heterocycles. The fraction of sp³-hybridized carbons (Fsp3) is 0.600. The van der Waals surface area contributed by atoms with Crippen molar-refractivity contribution in [3.63, 3.8) is 0 Å². The zero-order valence-electron chi connectivity index (χ0n) is 12.0. The molecule has 0 fully saturated rings. The van der Waals surface area contributed by atoms with Crippen LogP contribution in [0.2, 0.25) is 5.02 Å². The van der Waals surface area contributed by atoms with Crippen LogP contribution in [0.5, 0.6) is 5.75 Å². The lowest BCUT2D eigenvalue weighted by Crippen LogP contribution is -2.57. The number of aliphatic hydroxyl groups excluding tert-OH is 1. The Morgan fingerprint density at radius 3 is 2.53 bits per heavy atom. The predicted molar refractivity (Wildman–Crippen MR) is 77.8 cm³/mol. The molecule has 1 aromatic rings. The van der Waals surface area contributed by atoms with E-state index in [1.54, 1.807) is 12.1 Å². The summed E-state index contributed by atoms with van der Waals surface area (Å²) in [4.78, 5) is 2.23. The molecule has 0 aromatic heterocycles. The monoisotopic (exact) mass is 283 g/mol. The fourth-order valence-electron chi connectivity index (χ4n) is 2.99. The van der Waals surface area contributed by atoms with Crippen LogP contribution in [0.25, 0.3) is 0 Å². The average molecular weight is 284 g/mol. The Balaban J connectivity index is 2.46. The first-order valence-electron chi connectivity index (χ1n) is 6.81. The molecule has 2 atom stereocenters. The van der Waals surface area contributed by atoms with Gasteiger partial charge in [0.15, 0.2) is 0 Å². The van der Waals surface area contributed by atoms with Crippen LogP contribution in [0, 0.1) is 0 Å². The topological polar surface area (TPSA) is 32.7 Å². The summed E-state index contributed by atoms with van der Waals surface area (Å²) in [7, 11) is 0. The molecule has 2 unspecified atom stereocenters. The summed E-state index contributed by atoms with van der Waals surface area (Å²) in [6.07, 6.45) is -0.586. The van der Waals surface area contributed by atoms with E-state index in [0.29, 0.717) is 5.02 Å². The highest BCUT2D eigenvalue weighted by molar-refractivity contribution is 6.30. The highest BCUT2D eigenvalue weighted by Crippen LogP contribution is 2.42. The van der Waals surface area contributed by atoms with E-state index in [2.05, 4.69) is 18.7 Å². The largest absolute Gasteiger partial charge is 0.486 e. The van der Waals surface area contributed by atoms with Gasteiger partial charge in [0.1, 0.15) is 17.5 Å². The maximum Gasteiger partial charge on any atom is 0.126 e. The Bertz CT molecular complexity index is 457. The van der Waals surface area contributed by atoms with Crippen LogP contribution in [-0.2, 0) is 0 Å². The molecule has 1 N–H and O–H groups in total. The molecule has 19 heavy (non-hydrogen) atoms. The second kappa shape index (κ2) is 5.31. The minimum atomic E-state index is -0.586. The fourth-order valence-corrected chi connectivity index (χ4v) is 3.17. The molecule has 4 heteroatoms. The molecule has 0 spiro atoms. The summed E-state index contributed by atoms with van der Waals surface area (Å²) in [5, 5.41) is 11.4. The Morgan fingerprint density at radius 2 is 1.95 bits per heavy atom. The molecule has 0 saturated carbocycles. The molecule has 2 rings (SSSR count). The lowest BCUT2D eigenvalue weighted by molar-refractivity contribution is -0.0798. The second-order valence-corrected chi connectivity index (χ2v) is 5.93. The summed E-state index contributed by atoms with van der Waals surface area (Å²) >= 11 is 6.03. The Labute approximate surface area is 120 Å². The van der Waals surface area contributed by atoms with Crippen LogP contribution in [0.15, 0.2) is 18.2 Å². The smallest absolute Gasteiger partial charge is 0.126 e. The first-order valence-corrected chi connectivity index (χ1v) is 7.19. The van der Waals surface area contributed by atoms with Crippen LogP contribution >= 0.6 is 11.6 Å². The summed E-state index contributed by atoms with van der Waals surface area (Å²) in [5.41, 5.74) is 0.343.